The third-order valence-electron chi connectivity index (χ3n) is 1.78. The minimum absolute atomic E-state index is 0.372. The number of hydrogen-bond donors (Lipinski definition) is 0. The van der Waals surface area contributed by atoms with Crippen LogP contribution in [0.25, 0.3) is 0 Å². The van der Waals surface area contributed by atoms with Gasteiger partial charge in [0.15, 0.2) is 0 Å². The lowest BCUT2D eigenvalue weighted by atomic mass is 10.0. The Hall–Kier alpha value is -1.76. The summed E-state index contributed by atoms with van der Waals surface area (Å²) >= 11 is 0. The summed E-state index contributed by atoms with van der Waals surface area (Å²) in [6.07, 6.45) is -1.67. The number of allylic oxidation sites excluding steroid dienone is 1. The number of rotatable bonds is 2. The predicted octanol–water partition coefficient (Wildman–Crippen LogP) is 3.32. The van der Waals surface area contributed by atoms with E-state index in [1.165, 1.54) is 24.6 Å². The molecule has 1 aromatic carbocycles. The van der Waals surface area contributed by atoms with E-state index in [2.05, 4.69) is 6.58 Å². The molecule has 1 aromatic rings. The molecule has 1 radical (unpaired) electrons. The summed E-state index contributed by atoms with van der Waals surface area (Å²) in [5.74, 6) is 0. The lowest BCUT2D eigenvalue weighted by Gasteiger charge is -2.09. The van der Waals surface area contributed by atoms with Crippen LogP contribution < -0.4 is 0 Å². The molecule has 0 bridgehead atoms. The van der Waals surface area contributed by atoms with Crippen molar-refractivity contribution in [2.45, 2.75) is 6.18 Å². The van der Waals surface area contributed by atoms with Crippen LogP contribution in [0.5, 0.6) is 0 Å². The first kappa shape index (κ1) is 11.3. The Morgan fingerprint density at radius 1 is 1.33 bits per heavy atom. The highest BCUT2D eigenvalue weighted by Crippen LogP contribution is 2.32. The van der Waals surface area contributed by atoms with Gasteiger partial charge < -0.3 is 0 Å². The summed E-state index contributed by atoms with van der Waals surface area (Å²) in [7, 11) is 0. The van der Waals surface area contributed by atoms with Crippen molar-refractivity contribution in [1.82, 2.24) is 0 Å². The first-order valence-electron chi connectivity index (χ1n) is 4.06. The van der Waals surface area contributed by atoms with E-state index < -0.39 is 11.7 Å². The normalized spacial score (nSPS) is 10.8. The molecule has 0 atom stereocenters. The van der Waals surface area contributed by atoms with Gasteiger partial charge in [0, 0.05) is 6.42 Å². The predicted molar refractivity (Wildman–Crippen MR) is 49.8 cm³/mol. The number of nitriles is 1. The molecule has 0 aromatic heterocycles. The van der Waals surface area contributed by atoms with Crippen molar-refractivity contribution in [3.8, 4) is 6.07 Å². The van der Waals surface area contributed by atoms with Gasteiger partial charge in [-0.25, -0.2) is 0 Å². The van der Waals surface area contributed by atoms with Crippen molar-refractivity contribution in [2.75, 3.05) is 0 Å². The molecular weight excluding hydrogens is 203 g/mol. The van der Waals surface area contributed by atoms with E-state index in [1.807, 2.05) is 0 Å². The fraction of sp³-hybridized carbons (Fsp3) is 0.0909. The molecule has 0 fully saturated rings. The van der Waals surface area contributed by atoms with Gasteiger partial charge in [0.05, 0.1) is 17.2 Å². The SMILES string of the molecule is C=C[CH]c1ccc(C#N)c(C(F)(F)F)c1. The Balaban J connectivity index is 3.27. The molecule has 4 heteroatoms. The smallest absolute Gasteiger partial charge is 0.192 e. The van der Waals surface area contributed by atoms with E-state index in [4.69, 9.17) is 5.26 Å². The van der Waals surface area contributed by atoms with Crippen LogP contribution in [0, 0.1) is 17.8 Å². The van der Waals surface area contributed by atoms with Crippen LogP contribution in [-0.4, -0.2) is 0 Å². The molecule has 15 heavy (non-hydrogen) atoms. The van der Waals surface area contributed by atoms with Gasteiger partial charge in [0.25, 0.3) is 0 Å². The summed E-state index contributed by atoms with van der Waals surface area (Å²) in [5.41, 5.74) is -0.916. The lowest BCUT2D eigenvalue weighted by Crippen LogP contribution is -2.08. The maximum atomic E-state index is 12.5. The van der Waals surface area contributed by atoms with E-state index >= 15 is 0 Å². The number of halogens is 3. The molecule has 0 aliphatic carbocycles. The van der Waals surface area contributed by atoms with E-state index in [1.54, 1.807) is 0 Å². The fourth-order valence-corrected chi connectivity index (χ4v) is 1.13. The minimum atomic E-state index is -4.50. The number of alkyl halides is 3. The van der Waals surface area contributed by atoms with E-state index in [0.717, 1.165) is 12.1 Å². The lowest BCUT2D eigenvalue weighted by molar-refractivity contribution is -0.137. The third kappa shape index (κ3) is 2.59. The van der Waals surface area contributed by atoms with Gasteiger partial charge in [0.1, 0.15) is 0 Å². The van der Waals surface area contributed by atoms with Crippen molar-refractivity contribution >= 4 is 0 Å². The Morgan fingerprint density at radius 2 is 2.00 bits per heavy atom. The van der Waals surface area contributed by atoms with Crippen molar-refractivity contribution in [2.24, 2.45) is 0 Å². The second-order valence-corrected chi connectivity index (χ2v) is 2.82. The molecule has 0 saturated heterocycles. The van der Waals surface area contributed by atoms with Crippen molar-refractivity contribution < 1.29 is 13.2 Å². The average molecular weight is 210 g/mol. The average Bonchev–Trinajstić information content (AvgIpc) is 2.17. The molecule has 1 rings (SSSR count). The molecule has 0 unspecified atom stereocenters. The topological polar surface area (TPSA) is 23.8 Å². The molecule has 0 heterocycles. The van der Waals surface area contributed by atoms with E-state index in [-0.39, 0.29) is 5.56 Å². The summed E-state index contributed by atoms with van der Waals surface area (Å²) < 4.78 is 37.4. The maximum Gasteiger partial charge on any atom is 0.417 e. The van der Waals surface area contributed by atoms with Gasteiger partial charge in [-0.3, -0.25) is 0 Å². The van der Waals surface area contributed by atoms with Crippen LogP contribution in [0.4, 0.5) is 13.2 Å². The fourth-order valence-electron chi connectivity index (χ4n) is 1.13. The van der Waals surface area contributed by atoms with Gasteiger partial charge in [-0.15, -0.1) is 6.58 Å². The third-order valence-corrected chi connectivity index (χ3v) is 1.78. The maximum absolute atomic E-state index is 12.5. The van der Waals surface area contributed by atoms with Gasteiger partial charge in [-0.1, -0.05) is 12.1 Å². The van der Waals surface area contributed by atoms with Crippen molar-refractivity contribution in [3.63, 3.8) is 0 Å². The van der Waals surface area contributed by atoms with Crippen LogP contribution in [0.15, 0.2) is 30.9 Å². The highest BCUT2D eigenvalue weighted by molar-refractivity contribution is 5.44. The summed E-state index contributed by atoms with van der Waals surface area (Å²) in [6.45, 7) is 3.39. The van der Waals surface area contributed by atoms with Gasteiger partial charge in [-0.05, 0) is 17.7 Å². The van der Waals surface area contributed by atoms with Crippen molar-refractivity contribution in [3.05, 3.63) is 54.0 Å². The second kappa shape index (κ2) is 4.18. The van der Waals surface area contributed by atoms with Crippen LogP contribution in [0.2, 0.25) is 0 Å². The first-order valence-corrected chi connectivity index (χ1v) is 4.06. The van der Waals surface area contributed by atoms with Crippen molar-refractivity contribution in [1.29, 1.82) is 5.26 Å². The Morgan fingerprint density at radius 3 is 2.47 bits per heavy atom. The standard InChI is InChI=1S/C11H7F3N/c1-2-3-8-4-5-9(7-15)10(6-8)11(12,13)14/h2-6H,1H2. The van der Waals surface area contributed by atoms with E-state index in [9.17, 15) is 13.2 Å². The second-order valence-electron chi connectivity index (χ2n) is 2.82. The monoisotopic (exact) mass is 210 g/mol. The minimum Gasteiger partial charge on any atom is -0.192 e. The molecular formula is C11H7F3N. The number of nitrogens with zero attached hydrogens (tertiary/aromatic N) is 1. The Kier molecular flexibility index (Phi) is 3.15. The van der Waals surface area contributed by atoms with Crippen LogP contribution in [0.1, 0.15) is 16.7 Å². The van der Waals surface area contributed by atoms with Crippen LogP contribution in [-0.2, 0) is 6.18 Å². The largest absolute Gasteiger partial charge is 0.417 e. The molecule has 0 spiro atoms. The Labute approximate surface area is 85.5 Å². The molecule has 1 nitrogen and oxygen atoms in total. The highest BCUT2D eigenvalue weighted by Gasteiger charge is 2.33. The Bertz CT molecular complexity index is 413. The quantitative estimate of drug-likeness (QED) is 0.734. The van der Waals surface area contributed by atoms with Gasteiger partial charge >= 0.3 is 6.18 Å². The zero-order chi connectivity index (χ0) is 11.5. The molecule has 0 saturated carbocycles. The molecule has 0 amide bonds. The van der Waals surface area contributed by atoms with Crippen LogP contribution in [0.3, 0.4) is 0 Å². The molecule has 0 N–H and O–H groups in total. The molecule has 0 aliphatic heterocycles. The number of benzene rings is 1. The summed E-state index contributed by atoms with van der Waals surface area (Å²) in [4.78, 5) is 0. The summed E-state index contributed by atoms with van der Waals surface area (Å²) in [5, 5.41) is 8.52. The number of hydrogen-bond acceptors (Lipinski definition) is 1. The van der Waals surface area contributed by atoms with Crippen LogP contribution >= 0.6 is 0 Å². The molecule has 77 valence electrons. The van der Waals surface area contributed by atoms with Gasteiger partial charge in [0.2, 0.25) is 0 Å². The summed E-state index contributed by atoms with van der Waals surface area (Å²) in [6, 6.07) is 5.03. The first-order chi connectivity index (χ1) is 6.99. The zero-order valence-electron chi connectivity index (χ0n) is 7.67. The highest BCUT2D eigenvalue weighted by atomic mass is 19.4. The zero-order valence-corrected chi connectivity index (χ0v) is 7.67. The molecule has 0 aliphatic rings. The van der Waals surface area contributed by atoms with Gasteiger partial charge in [-0.2, -0.15) is 18.4 Å². The van der Waals surface area contributed by atoms with E-state index in [0.29, 0.717) is 5.56 Å².